The molecule has 0 bridgehead atoms. The van der Waals surface area contributed by atoms with Crippen molar-refractivity contribution in [2.45, 2.75) is 44.9 Å². The van der Waals surface area contributed by atoms with Crippen molar-refractivity contribution in [2.75, 3.05) is 39.5 Å². The van der Waals surface area contributed by atoms with Gasteiger partial charge in [-0.05, 0) is 39.3 Å². The molecule has 1 aromatic rings. The van der Waals surface area contributed by atoms with Crippen LogP contribution in [-0.4, -0.2) is 84.8 Å². The number of carbonyl (C=O) groups is 3. The molecule has 1 aromatic carbocycles. The highest BCUT2D eigenvalue weighted by atomic mass is 79.9. The number of ether oxygens (including phenoxy) is 3. The van der Waals surface area contributed by atoms with Gasteiger partial charge in [0.15, 0.2) is 12.4 Å². The molecular weight excluding hydrogens is 468 g/mol. The normalized spacial score (nSPS) is 22.3. The number of amides is 1. The van der Waals surface area contributed by atoms with Crippen molar-refractivity contribution < 1.29 is 28.6 Å². The molecule has 0 spiro atoms. The molecule has 0 saturated carbocycles. The first-order valence-electron chi connectivity index (χ1n) is 10.4. The van der Waals surface area contributed by atoms with Gasteiger partial charge in [-0.1, -0.05) is 28.1 Å². The van der Waals surface area contributed by atoms with E-state index in [0.29, 0.717) is 31.7 Å². The lowest BCUT2D eigenvalue weighted by Crippen LogP contribution is -2.46. The SMILES string of the molecule is CC(C)(C)OC(=O)N1C[C@@H](N2CCOCC2)C[C@H]1C(=O)OCC(=O)c1ccc(Br)cc1. The van der Waals surface area contributed by atoms with Crippen molar-refractivity contribution in [1.82, 2.24) is 9.80 Å². The van der Waals surface area contributed by atoms with Crippen molar-refractivity contribution in [3.63, 3.8) is 0 Å². The molecule has 0 radical (unpaired) electrons. The number of likely N-dealkylation sites (tertiary alicyclic amines) is 1. The third-order valence-electron chi connectivity index (χ3n) is 5.25. The quantitative estimate of drug-likeness (QED) is 0.457. The number of hydrogen-bond donors (Lipinski definition) is 0. The first kappa shape index (κ1) is 23.7. The fourth-order valence-electron chi connectivity index (χ4n) is 3.72. The number of benzene rings is 1. The maximum Gasteiger partial charge on any atom is 0.411 e. The maximum absolute atomic E-state index is 12.9. The van der Waals surface area contributed by atoms with Gasteiger partial charge in [-0.3, -0.25) is 14.6 Å². The van der Waals surface area contributed by atoms with E-state index in [4.69, 9.17) is 14.2 Å². The van der Waals surface area contributed by atoms with E-state index in [1.807, 2.05) is 0 Å². The summed E-state index contributed by atoms with van der Waals surface area (Å²) in [6.07, 6.45) is -0.116. The van der Waals surface area contributed by atoms with Crippen LogP contribution in [0, 0.1) is 0 Å². The fourth-order valence-corrected chi connectivity index (χ4v) is 3.98. The lowest BCUT2D eigenvalue weighted by atomic mass is 10.1. The fraction of sp³-hybridized carbons (Fsp3) is 0.591. The molecule has 2 aliphatic rings. The molecule has 2 heterocycles. The largest absolute Gasteiger partial charge is 0.456 e. The van der Waals surface area contributed by atoms with E-state index in [1.165, 1.54) is 4.90 Å². The summed E-state index contributed by atoms with van der Waals surface area (Å²) in [6.45, 7) is 8.09. The van der Waals surface area contributed by atoms with Gasteiger partial charge in [0, 0.05) is 35.7 Å². The Morgan fingerprint density at radius 1 is 1.13 bits per heavy atom. The second-order valence-corrected chi connectivity index (χ2v) is 9.64. The summed E-state index contributed by atoms with van der Waals surface area (Å²) in [5.41, 5.74) is -0.224. The third-order valence-corrected chi connectivity index (χ3v) is 5.78. The summed E-state index contributed by atoms with van der Waals surface area (Å²) in [5, 5.41) is 0. The zero-order valence-corrected chi connectivity index (χ0v) is 19.7. The number of morpholine rings is 1. The van der Waals surface area contributed by atoms with Gasteiger partial charge in [0.05, 0.1) is 13.2 Å². The smallest absolute Gasteiger partial charge is 0.411 e. The second kappa shape index (κ2) is 10.1. The minimum atomic E-state index is -0.791. The van der Waals surface area contributed by atoms with Crippen molar-refractivity contribution >= 4 is 33.8 Å². The van der Waals surface area contributed by atoms with Gasteiger partial charge < -0.3 is 14.2 Å². The van der Waals surface area contributed by atoms with Gasteiger partial charge in [-0.15, -0.1) is 0 Å². The number of halogens is 1. The highest BCUT2D eigenvalue weighted by Gasteiger charge is 2.44. The van der Waals surface area contributed by atoms with Crippen LogP contribution in [0.4, 0.5) is 4.79 Å². The summed E-state index contributed by atoms with van der Waals surface area (Å²) >= 11 is 3.32. The van der Waals surface area contributed by atoms with Crippen LogP contribution in [0.1, 0.15) is 37.6 Å². The van der Waals surface area contributed by atoms with E-state index >= 15 is 0 Å². The average molecular weight is 497 g/mol. The minimum absolute atomic E-state index is 0.0103. The Morgan fingerprint density at radius 3 is 2.39 bits per heavy atom. The van der Waals surface area contributed by atoms with E-state index < -0.39 is 23.7 Å². The van der Waals surface area contributed by atoms with E-state index in [-0.39, 0.29) is 18.4 Å². The van der Waals surface area contributed by atoms with Crippen molar-refractivity contribution in [3.05, 3.63) is 34.3 Å². The van der Waals surface area contributed by atoms with Crippen LogP contribution in [0.5, 0.6) is 0 Å². The predicted molar refractivity (Wildman–Crippen MR) is 117 cm³/mol. The summed E-state index contributed by atoms with van der Waals surface area (Å²) in [5.74, 6) is -0.889. The molecule has 2 atom stereocenters. The topological polar surface area (TPSA) is 85.4 Å². The van der Waals surface area contributed by atoms with E-state index in [9.17, 15) is 14.4 Å². The maximum atomic E-state index is 12.9. The van der Waals surface area contributed by atoms with Gasteiger partial charge in [0.25, 0.3) is 0 Å². The van der Waals surface area contributed by atoms with Crippen molar-refractivity contribution in [1.29, 1.82) is 0 Å². The molecule has 0 aliphatic carbocycles. The van der Waals surface area contributed by atoms with Crippen LogP contribution in [0.2, 0.25) is 0 Å². The second-order valence-electron chi connectivity index (χ2n) is 8.72. The molecule has 1 amide bonds. The zero-order valence-electron chi connectivity index (χ0n) is 18.1. The van der Waals surface area contributed by atoms with Crippen molar-refractivity contribution in [3.8, 4) is 0 Å². The Morgan fingerprint density at radius 2 is 1.77 bits per heavy atom. The molecule has 2 aliphatic heterocycles. The Balaban J connectivity index is 1.66. The van der Waals surface area contributed by atoms with Crippen molar-refractivity contribution in [2.24, 2.45) is 0 Å². The molecule has 0 aromatic heterocycles. The highest BCUT2D eigenvalue weighted by Crippen LogP contribution is 2.26. The summed E-state index contributed by atoms with van der Waals surface area (Å²) in [7, 11) is 0. The first-order valence-corrected chi connectivity index (χ1v) is 11.2. The molecule has 31 heavy (non-hydrogen) atoms. The van der Waals surface area contributed by atoms with E-state index in [2.05, 4.69) is 20.8 Å². The first-order chi connectivity index (χ1) is 14.6. The zero-order chi connectivity index (χ0) is 22.6. The van der Waals surface area contributed by atoms with Crippen LogP contribution in [0.15, 0.2) is 28.7 Å². The Kier molecular flexibility index (Phi) is 7.72. The Hall–Kier alpha value is -1.97. The van der Waals surface area contributed by atoms with E-state index in [0.717, 1.165) is 17.6 Å². The summed E-state index contributed by atoms with van der Waals surface area (Å²) in [4.78, 5) is 41.7. The molecule has 3 rings (SSSR count). The molecule has 0 unspecified atom stereocenters. The van der Waals surface area contributed by atoms with Gasteiger partial charge in [-0.25, -0.2) is 9.59 Å². The number of esters is 1. The number of ketones is 1. The highest BCUT2D eigenvalue weighted by molar-refractivity contribution is 9.10. The Labute approximate surface area is 190 Å². The van der Waals surface area contributed by atoms with Gasteiger partial charge in [0.2, 0.25) is 0 Å². The molecule has 8 nitrogen and oxygen atoms in total. The Bertz CT molecular complexity index is 801. The van der Waals surface area contributed by atoms with Crippen LogP contribution >= 0.6 is 15.9 Å². The average Bonchev–Trinajstić information content (AvgIpc) is 3.17. The molecule has 170 valence electrons. The number of rotatable bonds is 5. The molecule has 2 fully saturated rings. The standard InChI is InChI=1S/C22H29BrN2O6/c1-22(2,3)31-21(28)25-13-17(24-8-10-29-11-9-24)12-18(25)20(27)30-14-19(26)15-4-6-16(23)7-5-15/h4-7,17-18H,8-14H2,1-3H3/t17-,18-/m0/s1. The van der Waals surface area contributed by atoms with Gasteiger partial charge in [-0.2, -0.15) is 0 Å². The number of hydrogen-bond acceptors (Lipinski definition) is 7. The van der Waals surface area contributed by atoms with Crippen LogP contribution in [-0.2, 0) is 19.0 Å². The molecule has 2 saturated heterocycles. The van der Waals surface area contributed by atoms with Gasteiger partial charge >= 0.3 is 12.1 Å². The number of Topliss-reactive ketones (excluding diaryl/α,β-unsaturated/α-hetero) is 1. The predicted octanol–water partition coefficient (Wildman–Crippen LogP) is 2.89. The molecule has 0 N–H and O–H groups in total. The van der Waals surface area contributed by atoms with E-state index in [1.54, 1.807) is 45.0 Å². The van der Waals surface area contributed by atoms with Crippen LogP contribution in [0.3, 0.4) is 0 Å². The number of nitrogens with zero attached hydrogens (tertiary/aromatic N) is 2. The van der Waals surface area contributed by atoms with Gasteiger partial charge in [0.1, 0.15) is 11.6 Å². The third kappa shape index (κ3) is 6.51. The monoisotopic (exact) mass is 496 g/mol. The summed E-state index contributed by atoms with van der Waals surface area (Å²) in [6, 6.07) is 6.05. The lowest BCUT2D eigenvalue weighted by Gasteiger charge is -2.32. The minimum Gasteiger partial charge on any atom is -0.456 e. The lowest BCUT2D eigenvalue weighted by molar-refractivity contribution is -0.147. The molecule has 9 heteroatoms. The summed E-state index contributed by atoms with van der Waals surface area (Å²) < 4.78 is 17.1. The van der Waals surface area contributed by atoms with Crippen LogP contribution in [0.25, 0.3) is 0 Å². The van der Waals surface area contributed by atoms with Crippen LogP contribution < -0.4 is 0 Å². The number of carbonyl (C=O) groups excluding carboxylic acids is 3. The molecular formula is C22H29BrN2O6.